The normalized spacial score (nSPS) is 33.8. The van der Waals surface area contributed by atoms with Gasteiger partial charge in [-0.2, -0.15) is 0 Å². The van der Waals surface area contributed by atoms with Gasteiger partial charge in [-0.15, -0.1) is 0 Å². The van der Waals surface area contributed by atoms with Gasteiger partial charge >= 0.3 is 0 Å². The summed E-state index contributed by atoms with van der Waals surface area (Å²) in [5.41, 5.74) is 0. The van der Waals surface area contributed by atoms with Gasteiger partial charge in [0.1, 0.15) is 0 Å². The summed E-state index contributed by atoms with van der Waals surface area (Å²) in [7, 11) is 0. The monoisotopic (exact) mass is 199 g/mol. The van der Waals surface area contributed by atoms with E-state index >= 15 is 0 Å². The van der Waals surface area contributed by atoms with Crippen molar-refractivity contribution in [3.05, 3.63) is 0 Å². The highest BCUT2D eigenvalue weighted by Gasteiger charge is 2.30. The van der Waals surface area contributed by atoms with E-state index in [1.165, 1.54) is 6.42 Å². The second kappa shape index (κ2) is 4.28. The molecule has 0 spiro atoms. The zero-order valence-corrected chi connectivity index (χ0v) is 8.32. The lowest BCUT2D eigenvalue weighted by molar-refractivity contribution is -0.130. The molecule has 0 aromatic carbocycles. The summed E-state index contributed by atoms with van der Waals surface area (Å²) >= 11 is 0. The Morgan fingerprint density at radius 2 is 2.36 bits per heavy atom. The van der Waals surface area contributed by atoms with Crippen LogP contribution in [0.3, 0.4) is 0 Å². The predicted molar refractivity (Wildman–Crippen MR) is 50.8 cm³/mol. The molecule has 2 aliphatic heterocycles. The number of rotatable bonds is 2. The molecule has 80 valence electrons. The molecule has 0 aromatic rings. The summed E-state index contributed by atoms with van der Waals surface area (Å²) in [4.78, 5) is 13.1. The van der Waals surface area contributed by atoms with Crippen LogP contribution in [0.1, 0.15) is 25.7 Å². The summed E-state index contributed by atoms with van der Waals surface area (Å²) < 4.78 is 5.55. The maximum absolute atomic E-state index is 11.4. The molecule has 2 saturated heterocycles. The first-order valence-electron chi connectivity index (χ1n) is 5.33. The Balaban J connectivity index is 1.81. The predicted octanol–water partition coefficient (Wildman–Crippen LogP) is 0.149. The minimum absolute atomic E-state index is 0.0617. The molecular weight excluding hydrogens is 182 g/mol. The third-order valence-electron chi connectivity index (χ3n) is 2.89. The van der Waals surface area contributed by atoms with Crippen LogP contribution in [0.5, 0.6) is 0 Å². The maximum Gasteiger partial charge on any atom is 0.225 e. The molecule has 0 aliphatic carbocycles. The van der Waals surface area contributed by atoms with Gasteiger partial charge in [0.25, 0.3) is 0 Å². The summed E-state index contributed by atoms with van der Waals surface area (Å²) in [5, 5.41) is 9.30. The smallest absolute Gasteiger partial charge is 0.225 e. The van der Waals surface area contributed by atoms with Gasteiger partial charge in [0.15, 0.2) is 0 Å². The third-order valence-corrected chi connectivity index (χ3v) is 2.89. The number of β-amino-alcohol motifs (C(OH)–C–C–N with tert-alkyl or cyclic N) is 1. The Bertz CT molecular complexity index is 213. The fourth-order valence-corrected chi connectivity index (χ4v) is 2.12. The molecular formula is C10H17NO3. The number of hydrogen-bond donors (Lipinski definition) is 1. The van der Waals surface area contributed by atoms with Crippen LogP contribution in [-0.2, 0) is 9.53 Å². The third kappa shape index (κ3) is 2.25. The van der Waals surface area contributed by atoms with Gasteiger partial charge in [0.05, 0.1) is 18.6 Å². The number of ether oxygens (including phenoxy) is 1. The number of amides is 1. The van der Waals surface area contributed by atoms with Gasteiger partial charge < -0.3 is 14.7 Å². The Morgan fingerprint density at radius 3 is 2.93 bits per heavy atom. The molecule has 2 rings (SSSR count). The Hall–Kier alpha value is -0.610. The average Bonchev–Trinajstić information content (AvgIpc) is 2.47. The second-order valence-electron chi connectivity index (χ2n) is 4.15. The molecule has 1 amide bonds. The zero-order valence-electron chi connectivity index (χ0n) is 8.32. The van der Waals surface area contributed by atoms with Crippen molar-refractivity contribution in [2.45, 2.75) is 37.9 Å². The molecule has 2 atom stereocenters. The van der Waals surface area contributed by atoms with E-state index < -0.39 is 6.10 Å². The lowest BCUT2D eigenvalue weighted by atomic mass is 10.1. The van der Waals surface area contributed by atoms with E-state index in [4.69, 9.17) is 4.74 Å². The van der Waals surface area contributed by atoms with Crippen molar-refractivity contribution in [3.8, 4) is 0 Å². The molecule has 4 heteroatoms. The number of nitrogens with zero attached hydrogens (tertiary/aromatic N) is 1. The highest BCUT2D eigenvalue weighted by molar-refractivity contribution is 5.79. The molecule has 0 bridgehead atoms. The van der Waals surface area contributed by atoms with Crippen LogP contribution in [0.25, 0.3) is 0 Å². The van der Waals surface area contributed by atoms with Gasteiger partial charge in [-0.3, -0.25) is 4.79 Å². The number of hydrogen-bond acceptors (Lipinski definition) is 3. The number of aliphatic hydroxyl groups is 1. The van der Waals surface area contributed by atoms with Crippen LogP contribution in [0.4, 0.5) is 0 Å². The van der Waals surface area contributed by atoms with Crippen LogP contribution in [0, 0.1) is 0 Å². The molecule has 0 aromatic heterocycles. The van der Waals surface area contributed by atoms with E-state index in [2.05, 4.69) is 0 Å². The van der Waals surface area contributed by atoms with Crippen LogP contribution in [0.15, 0.2) is 0 Å². The van der Waals surface area contributed by atoms with Gasteiger partial charge in [0, 0.05) is 19.7 Å². The van der Waals surface area contributed by atoms with Gasteiger partial charge in [-0.25, -0.2) is 0 Å². The van der Waals surface area contributed by atoms with E-state index in [0.29, 0.717) is 13.1 Å². The van der Waals surface area contributed by atoms with E-state index in [1.54, 1.807) is 4.90 Å². The van der Waals surface area contributed by atoms with E-state index in [0.717, 1.165) is 19.4 Å². The lowest BCUT2D eigenvalue weighted by Gasteiger charge is -2.27. The molecule has 0 radical (unpaired) electrons. The highest BCUT2D eigenvalue weighted by Crippen LogP contribution is 2.17. The number of aliphatic hydroxyl groups excluding tert-OH is 1. The quantitative estimate of drug-likeness (QED) is 0.688. The molecule has 0 saturated carbocycles. The summed E-state index contributed by atoms with van der Waals surface area (Å²) in [6, 6.07) is 0. The largest absolute Gasteiger partial charge is 0.391 e. The van der Waals surface area contributed by atoms with Gasteiger partial charge in [0.2, 0.25) is 5.91 Å². The van der Waals surface area contributed by atoms with Crippen molar-refractivity contribution in [3.63, 3.8) is 0 Å². The van der Waals surface area contributed by atoms with Crippen LogP contribution < -0.4 is 0 Å². The topological polar surface area (TPSA) is 49.8 Å². The number of carbonyl (C=O) groups excluding carboxylic acids is 1. The first-order valence-corrected chi connectivity index (χ1v) is 5.33. The molecule has 14 heavy (non-hydrogen) atoms. The van der Waals surface area contributed by atoms with E-state index in [1.807, 2.05) is 0 Å². The standard InChI is InChI=1S/C10H17NO3/c12-8-5-10(13)11(6-8)7-9-3-1-2-4-14-9/h8-9,12H,1-7H2. The molecule has 2 aliphatic rings. The molecule has 1 N–H and O–H groups in total. The fourth-order valence-electron chi connectivity index (χ4n) is 2.12. The van der Waals surface area contributed by atoms with Crippen molar-refractivity contribution in [2.75, 3.05) is 19.7 Å². The van der Waals surface area contributed by atoms with E-state index in [9.17, 15) is 9.90 Å². The number of carbonyl (C=O) groups is 1. The van der Waals surface area contributed by atoms with Crippen molar-refractivity contribution >= 4 is 5.91 Å². The van der Waals surface area contributed by atoms with Crippen molar-refractivity contribution in [2.24, 2.45) is 0 Å². The molecule has 2 unspecified atom stereocenters. The second-order valence-corrected chi connectivity index (χ2v) is 4.15. The minimum Gasteiger partial charge on any atom is -0.391 e. The Morgan fingerprint density at radius 1 is 1.50 bits per heavy atom. The zero-order chi connectivity index (χ0) is 9.97. The van der Waals surface area contributed by atoms with Gasteiger partial charge in [-0.1, -0.05) is 0 Å². The van der Waals surface area contributed by atoms with Crippen LogP contribution >= 0.6 is 0 Å². The minimum atomic E-state index is -0.467. The van der Waals surface area contributed by atoms with Crippen molar-refractivity contribution in [1.29, 1.82) is 0 Å². The maximum atomic E-state index is 11.4. The first-order chi connectivity index (χ1) is 6.75. The summed E-state index contributed by atoms with van der Waals surface area (Å²) in [5.74, 6) is 0.0617. The first kappa shape index (κ1) is 9.93. The average molecular weight is 199 g/mol. The van der Waals surface area contributed by atoms with Crippen LogP contribution in [0.2, 0.25) is 0 Å². The summed E-state index contributed by atoms with van der Waals surface area (Å²) in [6.45, 7) is 1.96. The Kier molecular flexibility index (Phi) is 3.03. The summed E-state index contributed by atoms with van der Waals surface area (Å²) in [6.07, 6.45) is 3.37. The fraction of sp³-hybridized carbons (Fsp3) is 0.900. The van der Waals surface area contributed by atoms with Crippen molar-refractivity contribution in [1.82, 2.24) is 4.90 Å². The number of likely N-dealkylation sites (tertiary alicyclic amines) is 1. The van der Waals surface area contributed by atoms with Crippen molar-refractivity contribution < 1.29 is 14.6 Å². The highest BCUT2D eigenvalue weighted by atomic mass is 16.5. The van der Waals surface area contributed by atoms with E-state index in [-0.39, 0.29) is 18.4 Å². The molecule has 2 fully saturated rings. The van der Waals surface area contributed by atoms with Gasteiger partial charge in [-0.05, 0) is 19.3 Å². The van der Waals surface area contributed by atoms with Crippen LogP contribution in [-0.4, -0.2) is 47.8 Å². The Labute approximate surface area is 83.8 Å². The molecule has 2 heterocycles. The lowest BCUT2D eigenvalue weighted by Crippen LogP contribution is -2.37. The SMILES string of the molecule is O=C1CC(O)CN1CC1CCCCO1. The molecule has 4 nitrogen and oxygen atoms in total.